The molecular formula is C22H17F2N3O6S. The lowest BCUT2D eigenvalue weighted by atomic mass is 9.94. The van der Waals surface area contributed by atoms with E-state index in [1.54, 1.807) is 0 Å². The van der Waals surface area contributed by atoms with Gasteiger partial charge in [-0.25, -0.2) is 8.78 Å². The zero-order chi connectivity index (χ0) is 24.6. The Labute approximate surface area is 195 Å². The van der Waals surface area contributed by atoms with Crippen LogP contribution in [-0.4, -0.2) is 48.3 Å². The molecule has 2 aromatic carbocycles. The lowest BCUT2D eigenvalue weighted by molar-refractivity contribution is -0.132. The van der Waals surface area contributed by atoms with Gasteiger partial charge in [-0.3, -0.25) is 14.5 Å². The monoisotopic (exact) mass is 489 g/mol. The van der Waals surface area contributed by atoms with Gasteiger partial charge in [-0.05, 0) is 35.9 Å². The van der Waals surface area contributed by atoms with Crippen LogP contribution in [0.4, 0.5) is 13.9 Å². The average Bonchev–Trinajstić information content (AvgIpc) is 3.46. The zero-order valence-electron chi connectivity index (χ0n) is 18.0. The third kappa shape index (κ3) is 3.71. The molecule has 4 rings (SSSR count). The van der Waals surface area contributed by atoms with Crippen LogP contribution in [-0.2, 0) is 9.59 Å². The highest BCUT2D eigenvalue weighted by Crippen LogP contribution is 2.47. The van der Waals surface area contributed by atoms with Crippen molar-refractivity contribution in [1.29, 1.82) is 0 Å². The second-order valence-corrected chi connectivity index (χ2v) is 7.79. The fourth-order valence-corrected chi connectivity index (χ4v) is 4.26. The van der Waals surface area contributed by atoms with Crippen LogP contribution in [0.3, 0.4) is 0 Å². The molecule has 1 aromatic heterocycles. The molecule has 1 atom stereocenters. The standard InChI is InChI=1S/C22H17F2N3O6S/c1-31-14-7-11(8-15(32-2)20(14)33-3)17-16(18(28)10-4-5-12(23)13(24)6-10)19(29)21(30)27(17)22-26-25-9-34-22/h4-9,17,28H,1-3H3/b18-16+. The van der Waals surface area contributed by atoms with Crippen LogP contribution >= 0.6 is 11.3 Å². The van der Waals surface area contributed by atoms with Crippen LogP contribution in [0.25, 0.3) is 5.76 Å². The van der Waals surface area contributed by atoms with E-state index in [-0.39, 0.29) is 33.5 Å². The number of amides is 1. The van der Waals surface area contributed by atoms with Crippen LogP contribution in [0.1, 0.15) is 17.2 Å². The minimum atomic E-state index is -1.23. The van der Waals surface area contributed by atoms with Gasteiger partial charge in [0.15, 0.2) is 23.1 Å². The second-order valence-electron chi connectivity index (χ2n) is 6.98. The number of aliphatic hydroxyl groups excluding tert-OH is 1. The second kappa shape index (κ2) is 9.06. The molecule has 0 saturated carbocycles. The SMILES string of the molecule is COc1cc(C2/C(=C(\O)c3ccc(F)c(F)c3)C(=O)C(=O)N2c2nncs2)cc(OC)c1OC. The van der Waals surface area contributed by atoms with Crippen molar-refractivity contribution < 1.29 is 37.7 Å². The van der Waals surface area contributed by atoms with E-state index >= 15 is 0 Å². The van der Waals surface area contributed by atoms with Gasteiger partial charge in [0.1, 0.15) is 11.3 Å². The highest BCUT2D eigenvalue weighted by molar-refractivity contribution is 7.13. The average molecular weight is 489 g/mol. The van der Waals surface area contributed by atoms with E-state index in [4.69, 9.17) is 14.2 Å². The molecule has 1 amide bonds. The predicted molar refractivity (Wildman–Crippen MR) is 117 cm³/mol. The highest BCUT2D eigenvalue weighted by Gasteiger charge is 2.48. The molecule has 3 aromatic rings. The Hall–Kier alpha value is -4.06. The molecule has 2 heterocycles. The van der Waals surface area contributed by atoms with Crippen molar-refractivity contribution in [3.05, 3.63) is 64.2 Å². The molecule has 1 saturated heterocycles. The summed E-state index contributed by atoms with van der Waals surface area (Å²) < 4.78 is 43.4. The number of ether oxygens (including phenoxy) is 3. The summed E-state index contributed by atoms with van der Waals surface area (Å²) >= 11 is 0.996. The van der Waals surface area contributed by atoms with Crippen LogP contribution < -0.4 is 19.1 Å². The number of carbonyl (C=O) groups is 2. The number of methoxy groups -OCH3 is 3. The van der Waals surface area contributed by atoms with Crippen LogP contribution in [0.15, 0.2) is 41.4 Å². The van der Waals surface area contributed by atoms with Crippen molar-refractivity contribution in [2.24, 2.45) is 0 Å². The Balaban J connectivity index is 2.00. The van der Waals surface area contributed by atoms with Gasteiger partial charge >= 0.3 is 5.91 Å². The first-order valence-electron chi connectivity index (χ1n) is 9.64. The molecule has 1 fully saturated rings. The zero-order valence-corrected chi connectivity index (χ0v) is 18.9. The normalized spacial score (nSPS) is 17.2. The molecular weight excluding hydrogens is 472 g/mol. The number of ketones is 1. The van der Waals surface area contributed by atoms with E-state index in [9.17, 15) is 23.5 Å². The summed E-state index contributed by atoms with van der Waals surface area (Å²) in [5.74, 6) is -4.36. The van der Waals surface area contributed by atoms with Gasteiger partial charge in [-0.2, -0.15) is 0 Å². The van der Waals surface area contributed by atoms with E-state index in [0.29, 0.717) is 5.56 Å². The molecule has 1 unspecified atom stereocenters. The first kappa shape index (κ1) is 23.1. The van der Waals surface area contributed by atoms with Crippen LogP contribution in [0.2, 0.25) is 0 Å². The number of halogens is 2. The van der Waals surface area contributed by atoms with Crippen molar-refractivity contribution in [2.75, 3.05) is 26.2 Å². The number of anilines is 1. The van der Waals surface area contributed by atoms with E-state index in [2.05, 4.69) is 10.2 Å². The van der Waals surface area contributed by atoms with E-state index in [1.807, 2.05) is 0 Å². The van der Waals surface area contributed by atoms with Crippen molar-refractivity contribution >= 4 is 33.9 Å². The lowest BCUT2D eigenvalue weighted by Gasteiger charge is -2.24. The highest BCUT2D eigenvalue weighted by atomic mass is 32.1. The molecule has 0 spiro atoms. The maximum absolute atomic E-state index is 13.9. The Morgan fingerprint density at radius 3 is 2.24 bits per heavy atom. The molecule has 1 aliphatic rings. The first-order valence-corrected chi connectivity index (χ1v) is 10.5. The summed E-state index contributed by atoms with van der Waals surface area (Å²) in [7, 11) is 4.20. The van der Waals surface area contributed by atoms with Crippen LogP contribution in [0, 0.1) is 11.6 Å². The van der Waals surface area contributed by atoms with Crippen molar-refractivity contribution in [1.82, 2.24) is 10.2 Å². The van der Waals surface area contributed by atoms with Gasteiger partial charge in [0.25, 0.3) is 5.78 Å². The lowest BCUT2D eigenvalue weighted by Crippen LogP contribution is -2.29. The third-order valence-corrected chi connectivity index (χ3v) is 5.88. The Bertz CT molecular complexity index is 1290. The molecule has 1 N–H and O–H groups in total. The van der Waals surface area contributed by atoms with Crippen molar-refractivity contribution in [3.63, 3.8) is 0 Å². The predicted octanol–water partition coefficient (Wildman–Crippen LogP) is 3.47. The van der Waals surface area contributed by atoms with Crippen molar-refractivity contribution in [3.8, 4) is 17.2 Å². The maximum Gasteiger partial charge on any atom is 0.301 e. The fourth-order valence-electron chi connectivity index (χ4n) is 3.68. The summed E-state index contributed by atoms with van der Waals surface area (Å²) in [5, 5.41) is 18.7. The van der Waals surface area contributed by atoms with Crippen LogP contribution in [0.5, 0.6) is 17.2 Å². The largest absolute Gasteiger partial charge is 0.507 e. The Morgan fingerprint density at radius 2 is 1.71 bits per heavy atom. The molecule has 0 bridgehead atoms. The number of carbonyl (C=O) groups excluding carboxylic acids is 2. The molecule has 1 aliphatic heterocycles. The number of hydrogen-bond donors (Lipinski definition) is 1. The van der Waals surface area contributed by atoms with Gasteiger partial charge in [0.2, 0.25) is 10.9 Å². The number of rotatable bonds is 6. The molecule has 0 radical (unpaired) electrons. The van der Waals surface area contributed by atoms with E-state index < -0.39 is 35.1 Å². The fraction of sp³-hybridized carbons (Fsp3) is 0.182. The summed E-state index contributed by atoms with van der Waals surface area (Å²) in [6.45, 7) is 0. The van der Waals surface area contributed by atoms with Crippen molar-refractivity contribution in [2.45, 2.75) is 6.04 Å². The minimum Gasteiger partial charge on any atom is -0.507 e. The Kier molecular flexibility index (Phi) is 6.16. The van der Waals surface area contributed by atoms with Gasteiger partial charge in [-0.1, -0.05) is 11.3 Å². The van der Waals surface area contributed by atoms with E-state index in [1.165, 1.54) is 39.0 Å². The molecule has 176 valence electrons. The molecule has 0 aliphatic carbocycles. The van der Waals surface area contributed by atoms with Gasteiger partial charge < -0.3 is 19.3 Å². The number of aromatic nitrogens is 2. The quantitative estimate of drug-likeness (QED) is 0.318. The minimum absolute atomic E-state index is 0.0881. The van der Waals surface area contributed by atoms with E-state index in [0.717, 1.165) is 34.4 Å². The Morgan fingerprint density at radius 1 is 1.03 bits per heavy atom. The summed E-state index contributed by atoms with van der Waals surface area (Å²) in [6, 6.07) is 4.43. The molecule has 9 nitrogen and oxygen atoms in total. The van der Waals surface area contributed by atoms with Gasteiger partial charge in [0.05, 0.1) is 32.9 Å². The maximum atomic E-state index is 13.9. The number of hydrogen-bond acceptors (Lipinski definition) is 9. The first-order chi connectivity index (χ1) is 16.3. The van der Waals surface area contributed by atoms with Gasteiger partial charge in [0, 0.05) is 5.56 Å². The summed E-state index contributed by atoms with van der Waals surface area (Å²) in [6.07, 6.45) is 0. The number of Topliss-reactive ketones (excluding diaryl/α,β-unsaturated/α-hetero) is 1. The number of benzene rings is 2. The smallest absolute Gasteiger partial charge is 0.301 e. The number of aliphatic hydroxyl groups is 1. The molecule has 34 heavy (non-hydrogen) atoms. The molecule has 12 heteroatoms. The number of nitrogens with zero attached hydrogens (tertiary/aromatic N) is 3. The third-order valence-electron chi connectivity index (χ3n) is 5.19. The summed E-state index contributed by atoms with van der Waals surface area (Å²) in [4.78, 5) is 27.2. The van der Waals surface area contributed by atoms with Gasteiger partial charge in [-0.15, -0.1) is 10.2 Å². The topological polar surface area (TPSA) is 111 Å². The summed E-state index contributed by atoms with van der Waals surface area (Å²) in [5.41, 5.74) is 1.12.